The molecular formula is C52H34N2. The topological polar surface area (TPSA) is 36.7 Å². The van der Waals surface area contributed by atoms with Gasteiger partial charge in [-0.1, -0.05) is 146 Å². The van der Waals surface area contributed by atoms with Crippen molar-refractivity contribution in [3.05, 3.63) is 206 Å². The molecule has 9 aromatic carbocycles. The van der Waals surface area contributed by atoms with Gasteiger partial charge < -0.3 is 5.41 Å². The molecule has 0 aliphatic rings. The number of rotatable bonds is 6. The molecule has 252 valence electrons. The van der Waals surface area contributed by atoms with Crippen molar-refractivity contribution < 1.29 is 0 Å². The SMILES string of the molecule is C=C(/C=C\C(=N)c1ccc2c(-c3cc4ccccc4c4ccccc34)c3ccccc3c(-c3cc4ccccc4c4ccccc34)c2c1)c1ccncc1. The molecule has 2 heteroatoms. The Morgan fingerprint density at radius 2 is 0.852 bits per heavy atom. The minimum Gasteiger partial charge on any atom is -0.300 e. The lowest BCUT2D eigenvalue weighted by atomic mass is 9.82. The molecular weight excluding hydrogens is 653 g/mol. The first-order valence-electron chi connectivity index (χ1n) is 18.3. The van der Waals surface area contributed by atoms with Gasteiger partial charge in [0, 0.05) is 18.0 Å². The van der Waals surface area contributed by atoms with Gasteiger partial charge in [-0.15, -0.1) is 0 Å². The third-order valence-electron chi connectivity index (χ3n) is 10.9. The predicted octanol–water partition coefficient (Wildman–Crippen LogP) is 14.0. The molecule has 0 unspecified atom stereocenters. The van der Waals surface area contributed by atoms with E-state index in [2.05, 4.69) is 163 Å². The lowest BCUT2D eigenvalue weighted by Crippen LogP contribution is -1.98. The predicted molar refractivity (Wildman–Crippen MR) is 232 cm³/mol. The van der Waals surface area contributed by atoms with Crippen molar-refractivity contribution in [2.24, 2.45) is 0 Å². The van der Waals surface area contributed by atoms with Gasteiger partial charge in [0.2, 0.25) is 0 Å². The Hall–Kier alpha value is -7.16. The highest BCUT2D eigenvalue weighted by molar-refractivity contribution is 6.29. The molecule has 0 atom stereocenters. The molecule has 0 spiro atoms. The summed E-state index contributed by atoms with van der Waals surface area (Å²) in [4.78, 5) is 4.14. The quantitative estimate of drug-likeness (QED) is 0.0804. The van der Waals surface area contributed by atoms with Crippen molar-refractivity contribution in [3.63, 3.8) is 0 Å². The number of nitrogens with one attached hydrogen (secondary N) is 1. The Morgan fingerprint density at radius 1 is 0.407 bits per heavy atom. The van der Waals surface area contributed by atoms with Crippen LogP contribution in [0.5, 0.6) is 0 Å². The lowest BCUT2D eigenvalue weighted by molar-refractivity contribution is 1.32. The zero-order valence-electron chi connectivity index (χ0n) is 29.6. The summed E-state index contributed by atoms with van der Waals surface area (Å²) < 4.78 is 0. The van der Waals surface area contributed by atoms with Gasteiger partial charge in [0.05, 0.1) is 5.71 Å². The Balaban J connectivity index is 1.31. The largest absolute Gasteiger partial charge is 0.300 e. The summed E-state index contributed by atoms with van der Waals surface area (Å²) in [5.41, 5.74) is 7.86. The van der Waals surface area contributed by atoms with E-state index in [-0.39, 0.29) is 0 Å². The van der Waals surface area contributed by atoms with E-state index in [1.165, 1.54) is 76.1 Å². The van der Waals surface area contributed by atoms with E-state index in [4.69, 9.17) is 0 Å². The van der Waals surface area contributed by atoms with Crippen LogP contribution in [0.1, 0.15) is 11.1 Å². The first kappa shape index (κ1) is 31.6. The number of allylic oxidation sites excluding steroid dienone is 3. The monoisotopic (exact) mass is 686 g/mol. The number of pyridine rings is 1. The van der Waals surface area contributed by atoms with Crippen molar-refractivity contribution in [3.8, 4) is 22.3 Å². The Morgan fingerprint density at radius 3 is 1.41 bits per heavy atom. The number of hydrogen-bond donors (Lipinski definition) is 1. The normalized spacial score (nSPS) is 11.8. The van der Waals surface area contributed by atoms with Crippen molar-refractivity contribution in [2.45, 2.75) is 0 Å². The third kappa shape index (κ3) is 5.11. The van der Waals surface area contributed by atoms with Crippen molar-refractivity contribution in [2.75, 3.05) is 0 Å². The molecule has 0 aliphatic heterocycles. The van der Waals surface area contributed by atoms with E-state index >= 15 is 0 Å². The third-order valence-corrected chi connectivity index (χ3v) is 10.9. The van der Waals surface area contributed by atoms with E-state index in [0.717, 1.165) is 27.5 Å². The second kappa shape index (κ2) is 12.8. The van der Waals surface area contributed by atoms with E-state index in [0.29, 0.717) is 5.71 Å². The molecule has 1 N–H and O–H groups in total. The fraction of sp³-hybridized carbons (Fsp3) is 0. The molecule has 1 heterocycles. The highest BCUT2D eigenvalue weighted by Gasteiger charge is 2.21. The summed E-state index contributed by atoms with van der Waals surface area (Å²) >= 11 is 0. The summed E-state index contributed by atoms with van der Waals surface area (Å²) in [6.07, 6.45) is 7.31. The van der Waals surface area contributed by atoms with E-state index in [9.17, 15) is 5.41 Å². The van der Waals surface area contributed by atoms with Crippen LogP contribution < -0.4 is 0 Å². The molecule has 0 amide bonds. The Bertz CT molecular complexity index is 3190. The maximum atomic E-state index is 9.31. The molecule has 10 aromatic rings. The highest BCUT2D eigenvalue weighted by Crippen LogP contribution is 2.48. The Kier molecular flexibility index (Phi) is 7.49. The number of fused-ring (bicyclic) bond motifs is 8. The summed E-state index contributed by atoms with van der Waals surface area (Å²) in [6, 6.07) is 59.0. The molecule has 54 heavy (non-hydrogen) atoms. The Labute approximate surface area is 313 Å². The van der Waals surface area contributed by atoms with Crippen LogP contribution in [0.25, 0.3) is 92.5 Å². The van der Waals surface area contributed by atoms with E-state index < -0.39 is 0 Å². The van der Waals surface area contributed by atoms with Gasteiger partial charge >= 0.3 is 0 Å². The maximum Gasteiger partial charge on any atom is 0.0612 e. The number of benzene rings is 9. The van der Waals surface area contributed by atoms with Crippen molar-refractivity contribution in [1.82, 2.24) is 4.98 Å². The molecule has 0 saturated heterocycles. The van der Waals surface area contributed by atoms with Gasteiger partial charge in [0.1, 0.15) is 0 Å². The summed E-state index contributed by atoms with van der Waals surface area (Å²) in [7, 11) is 0. The van der Waals surface area contributed by atoms with Crippen LogP contribution in [-0.2, 0) is 0 Å². The smallest absolute Gasteiger partial charge is 0.0612 e. The second-order valence-corrected chi connectivity index (χ2v) is 13.9. The van der Waals surface area contributed by atoms with Crippen LogP contribution in [0.3, 0.4) is 0 Å². The first-order chi connectivity index (χ1) is 26.6. The molecule has 1 aromatic heterocycles. The minimum absolute atomic E-state index is 0.423. The minimum atomic E-state index is 0.423. The number of hydrogen-bond acceptors (Lipinski definition) is 2. The van der Waals surface area contributed by atoms with Gasteiger partial charge in [0.25, 0.3) is 0 Å². The van der Waals surface area contributed by atoms with Crippen LogP contribution in [0, 0.1) is 5.41 Å². The standard InChI is InChI=1S/C52H34N2/c1-33(34-26-28-54-29-27-34)22-25-50(53)37-23-24-46-49(32-37)52(48-31-36-13-3-5-15-39(36)41-17-7-9-19-43(41)48)45-21-11-10-20-44(45)51(46)47-30-35-12-2-4-14-38(35)40-16-6-8-18-42(40)47/h2-32,53H,1H2/b25-22-,53-50?. The van der Waals surface area contributed by atoms with Gasteiger partial charge in [-0.05, 0) is 134 Å². The van der Waals surface area contributed by atoms with Crippen LogP contribution in [0.4, 0.5) is 0 Å². The van der Waals surface area contributed by atoms with E-state index in [1.807, 2.05) is 24.3 Å². The second-order valence-electron chi connectivity index (χ2n) is 13.9. The van der Waals surface area contributed by atoms with Gasteiger partial charge in [-0.3, -0.25) is 4.98 Å². The summed E-state index contributed by atoms with van der Waals surface area (Å²) in [6.45, 7) is 4.26. The maximum absolute atomic E-state index is 9.31. The van der Waals surface area contributed by atoms with Crippen LogP contribution in [0.2, 0.25) is 0 Å². The molecule has 0 radical (unpaired) electrons. The molecule has 0 aliphatic carbocycles. The van der Waals surface area contributed by atoms with Crippen molar-refractivity contribution in [1.29, 1.82) is 5.41 Å². The molecule has 0 bridgehead atoms. The van der Waals surface area contributed by atoms with Gasteiger partial charge in [0.15, 0.2) is 0 Å². The molecule has 0 saturated carbocycles. The average molecular weight is 687 g/mol. The summed E-state index contributed by atoms with van der Waals surface area (Å²) in [5, 5.41) is 23.8. The zero-order chi connectivity index (χ0) is 36.2. The first-order valence-corrected chi connectivity index (χ1v) is 18.3. The zero-order valence-corrected chi connectivity index (χ0v) is 29.6. The van der Waals surface area contributed by atoms with Crippen LogP contribution >= 0.6 is 0 Å². The van der Waals surface area contributed by atoms with E-state index in [1.54, 1.807) is 12.4 Å². The number of aromatic nitrogens is 1. The highest BCUT2D eigenvalue weighted by atomic mass is 14.6. The van der Waals surface area contributed by atoms with Gasteiger partial charge in [-0.25, -0.2) is 0 Å². The lowest BCUT2D eigenvalue weighted by Gasteiger charge is -2.21. The summed E-state index contributed by atoms with van der Waals surface area (Å²) in [5.74, 6) is 0. The van der Waals surface area contributed by atoms with Crippen LogP contribution in [-0.4, -0.2) is 10.7 Å². The van der Waals surface area contributed by atoms with Crippen LogP contribution in [0.15, 0.2) is 195 Å². The molecule has 10 rings (SSSR count). The molecule has 0 fully saturated rings. The molecule has 2 nitrogen and oxygen atoms in total. The fourth-order valence-electron chi connectivity index (χ4n) is 8.39. The number of nitrogens with zero attached hydrogens (tertiary/aromatic N) is 1. The average Bonchev–Trinajstić information content (AvgIpc) is 3.24. The fourth-order valence-corrected chi connectivity index (χ4v) is 8.39. The van der Waals surface area contributed by atoms with Crippen molar-refractivity contribution >= 4 is 75.9 Å². The van der Waals surface area contributed by atoms with Gasteiger partial charge in [-0.2, -0.15) is 0 Å².